The van der Waals surface area contributed by atoms with Crippen LogP contribution in [0.5, 0.6) is 0 Å². The molecule has 1 aromatic rings. The first-order valence-electron chi connectivity index (χ1n) is 9.56. The highest BCUT2D eigenvalue weighted by Gasteiger charge is 2.69. The van der Waals surface area contributed by atoms with Crippen LogP contribution in [-0.2, 0) is 22.4 Å². The first kappa shape index (κ1) is 16.8. The molecule has 134 valence electrons. The third kappa shape index (κ3) is 2.05. The molecule has 3 heteroatoms. The first-order chi connectivity index (χ1) is 11.8. The molecule has 3 nitrogen and oxygen atoms in total. The molecule has 2 aliphatic heterocycles. The minimum atomic E-state index is -0.435. The lowest BCUT2D eigenvalue weighted by Gasteiger charge is -2.30. The van der Waals surface area contributed by atoms with Crippen molar-refractivity contribution in [1.29, 1.82) is 0 Å². The Morgan fingerprint density at radius 2 is 1.60 bits per heavy atom. The van der Waals surface area contributed by atoms with Gasteiger partial charge in [-0.1, -0.05) is 31.5 Å². The molecule has 0 spiro atoms. The molecule has 0 aromatic heterocycles. The fraction of sp³-hybridized carbons (Fsp3) is 0.591. The van der Waals surface area contributed by atoms with Crippen molar-refractivity contribution in [2.24, 2.45) is 11.8 Å². The van der Waals surface area contributed by atoms with Crippen molar-refractivity contribution < 1.29 is 14.6 Å². The Balaban J connectivity index is 1.94. The number of aliphatic hydroxyl groups excluding tert-OH is 1. The van der Waals surface area contributed by atoms with Gasteiger partial charge >= 0.3 is 0 Å². The summed E-state index contributed by atoms with van der Waals surface area (Å²) in [6, 6.07) is 4.31. The van der Waals surface area contributed by atoms with Gasteiger partial charge in [0.1, 0.15) is 5.76 Å². The molecule has 3 aliphatic rings. The summed E-state index contributed by atoms with van der Waals surface area (Å²) in [5.41, 5.74) is 4.25. The summed E-state index contributed by atoms with van der Waals surface area (Å²) in [5, 5.41) is 11.2. The molecule has 2 heterocycles. The average molecular weight is 340 g/mol. The summed E-state index contributed by atoms with van der Waals surface area (Å²) < 4.78 is 6.26. The Labute approximate surface area is 150 Å². The van der Waals surface area contributed by atoms with Crippen molar-refractivity contribution >= 4 is 11.4 Å². The Morgan fingerprint density at radius 1 is 1.08 bits per heavy atom. The third-order valence-corrected chi connectivity index (χ3v) is 6.77. The Hall–Kier alpha value is -1.61. The highest BCUT2D eigenvalue weighted by atomic mass is 16.5. The molecule has 1 N–H and O–H groups in total. The van der Waals surface area contributed by atoms with E-state index in [0.29, 0.717) is 5.57 Å². The molecular weight excluding hydrogens is 312 g/mol. The van der Waals surface area contributed by atoms with Gasteiger partial charge in [-0.3, -0.25) is 4.79 Å². The van der Waals surface area contributed by atoms with Gasteiger partial charge in [0.2, 0.25) is 0 Å². The molecule has 4 atom stereocenters. The van der Waals surface area contributed by atoms with Crippen molar-refractivity contribution in [3.8, 4) is 0 Å². The van der Waals surface area contributed by atoms with Crippen LogP contribution >= 0.6 is 0 Å². The van der Waals surface area contributed by atoms with E-state index in [1.807, 2.05) is 6.92 Å². The number of ether oxygens (including phenoxy) is 1. The number of carbonyl (C=O) groups excluding carboxylic acids is 1. The predicted molar refractivity (Wildman–Crippen MR) is 98.6 cm³/mol. The van der Waals surface area contributed by atoms with Gasteiger partial charge in [-0.05, 0) is 63.1 Å². The largest absolute Gasteiger partial charge is 0.511 e. The van der Waals surface area contributed by atoms with Gasteiger partial charge < -0.3 is 9.84 Å². The van der Waals surface area contributed by atoms with E-state index in [0.717, 1.165) is 42.4 Å². The standard InChI is InChI=1S/C22H28O3/c1-6-13-10-12(3)11-14(7-2)15(13)16-19(23)17-18(20(16)24)22(5)9-8-21(17,4)25-22/h10-11,17-18,23H,6-9H2,1-5H3/t17-,18+,21-,22+/m1/s1. The summed E-state index contributed by atoms with van der Waals surface area (Å²) in [4.78, 5) is 13.5. The van der Waals surface area contributed by atoms with Crippen LogP contribution in [0.4, 0.5) is 0 Å². The number of carbonyl (C=O) groups is 1. The van der Waals surface area contributed by atoms with E-state index in [1.165, 1.54) is 5.56 Å². The topological polar surface area (TPSA) is 46.5 Å². The second kappa shape index (κ2) is 5.20. The fourth-order valence-corrected chi connectivity index (χ4v) is 5.66. The van der Waals surface area contributed by atoms with Crippen LogP contribution in [0.3, 0.4) is 0 Å². The van der Waals surface area contributed by atoms with Gasteiger partial charge in [0.25, 0.3) is 0 Å². The Morgan fingerprint density at radius 3 is 2.08 bits per heavy atom. The number of fused-ring (bicyclic) bond motifs is 5. The quantitative estimate of drug-likeness (QED) is 0.878. The van der Waals surface area contributed by atoms with Gasteiger partial charge in [0.05, 0.1) is 28.6 Å². The summed E-state index contributed by atoms with van der Waals surface area (Å²) in [6.45, 7) is 10.4. The molecule has 0 saturated carbocycles. The minimum Gasteiger partial charge on any atom is -0.511 e. The lowest BCUT2D eigenvalue weighted by Crippen LogP contribution is -2.39. The summed E-state index contributed by atoms with van der Waals surface area (Å²) in [5.74, 6) is -0.0720. The van der Waals surface area contributed by atoms with Gasteiger partial charge in [-0.25, -0.2) is 0 Å². The zero-order chi connectivity index (χ0) is 18.1. The fourth-order valence-electron chi connectivity index (χ4n) is 5.66. The van der Waals surface area contributed by atoms with Crippen molar-refractivity contribution in [1.82, 2.24) is 0 Å². The third-order valence-electron chi connectivity index (χ3n) is 6.77. The normalized spacial score (nSPS) is 36.4. The number of hydrogen-bond donors (Lipinski definition) is 1. The number of aliphatic hydroxyl groups is 1. The van der Waals surface area contributed by atoms with E-state index in [1.54, 1.807) is 0 Å². The molecule has 4 rings (SSSR count). The van der Waals surface area contributed by atoms with Gasteiger partial charge in [0.15, 0.2) is 5.78 Å². The monoisotopic (exact) mass is 340 g/mol. The van der Waals surface area contributed by atoms with Crippen LogP contribution in [0.15, 0.2) is 17.9 Å². The molecule has 25 heavy (non-hydrogen) atoms. The molecule has 2 fully saturated rings. The zero-order valence-corrected chi connectivity index (χ0v) is 15.9. The van der Waals surface area contributed by atoms with Gasteiger partial charge in [-0.2, -0.15) is 0 Å². The number of aryl methyl sites for hydroxylation is 3. The van der Waals surface area contributed by atoms with Crippen LogP contribution in [0.1, 0.15) is 62.8 Å². The molecule has 0 radical (unpaired) electrons. The number of allylic oxidation sites excluding steroid dienone is 1. The maximum atomic E-state index is 13.5. The summed E-state index contributed by atoms with van der Waals surface area (Å²) in [6.07, 6.45) is 3.51. The number of hydrogen-bond acceptors (Lipinski definition) is 3. The van der Waals surface area contributed by atoms with Crippen molar-refractivity contribution in [2.75, 3.05) is 0 Å². The van der Waals surface area contributed by atoms with Crippen molar-refractivity contribution in [3.05, 3.63) is 40.1 Å². The average Bonchev–Trinajstić information content (AvgIpc) is 3.11. The predicted octanol–water partition coefficient (Wildman–Crippen LogP) is 4.55. The lowest BCUT2D eigenvalue weighted by atomic mass is 9.68. The Bertz CT molecular complexity index is 780. The highest BCUT2D eigenvalue weighted by Crippen LogP contribution is 2.63. The van der Waals surface area contributed by atoms with Crippen LogP contribution in [-0.4, -0.2) is 22.1 Å². The van der Waals surface area contributed by atoms with Crippen LogP contribution in [0, 0.1) is 18.8 Å². The first-order valence-corrected chi connectivity index (χ1v) is 9.56. The second-order valence-corrected chi connectivity index (χ2v) is 8.47. The number of benzene rings is 1. The minimum absolute atomic E-state index is 0.0849. The molecule has 1 aliphatic carbocycles. The van der Waals surface area contributed by atoms with E-state index >= 15 is 0 Å². The van der Waals surface area contributed by atoms with Crippen molar-refractivity contribution in [2.45, 2.75) is 71.5 Å². The summed E-state index contributed by atoms with van der Waals surface area (Å²) >= 11 is 0. The zero-order valence-electron chi connectivity index (χ0n) is 15.9. The molecular formula is C22H28O3. The smallest absolute Gasteiger partial charge is 0.173 e. The Kier molecular flexibility index (Phi) is 3.50. The van der Waals surface area contributed by atoms with E-state index in [4.69, 9.17) is 4.74 Å². The molecule has 2 saturated heterocycles. The lowest BCUT2D eigenvalue weighted by molar-refractivity contribution is -0.121. The van der Waals surface area contributed by atoms with E-state index < -0.39 is 11.2 Å². The maximum Gasteiger partial charge on any atom is 0.173 e. The van der Waals surface area contributed by atoms with E-state index in [2.05, 4.69) is 39.8 Å². The van der Waals surface area contributed by atoms with Gasteiger partial charge in [0, 0.05) is 0 Å². The van der Waals surface area contributed by atoms with E-state index in [-0.39, 0.29) is 23.4 Å². The maximum absolute atomic E-state index is 13.5. The SMILES string of the molecule is CCc1cc(C)cc(CC)c1C1=C(O)[C@H]2[C@@H](C1=O)[C@]1(C)CC[C@@]2(C)O1. The number of ketones is 1. The van der Waals surface area contributed by atoms with Crippen LogP contribution in [0.25, 0.3) is 5.57 Å². The molecule has 2 bridgehead atoms. The van der Waals surface area contributed by atoms with Crippen LogP contribution < -0.4 is 0 Å². The number of rotatable bonds is 3. The van der Waals surface area contributed by atoms with Gasteiger partial charge in [-0.15, -0.1) is 0 Å². The second-order valence-electron chi connectivity index (χ2n) is 8.47. The van der Waals surface area contributed by atoms with E-state index in [9.17, 15) is 9.90 Å². The molecule has 0 unspecified atom stereocenters. The van der Waals surface area contributed by atoms with Crippen molar-refractivity contribution in [3.63, 3.8) is 0 Å². The summed E-state index contributed by atoms with van der Waals surface area (Å²) in [7, 11) is 0. The van der Waals surface area contributed by atoms with Crippen LogP contribution in [0.2, 0.25) is 0 Å². The molecule has 0 amide bonds. The molecule has 1 aromatic carbocycles. The highest BCUT2D eigenvalue weighted by molar-refractivity contribution is 6.26. The number of Topliss-reactive ketones (excluding diaryl/α,β-unsaturated/α-hetero) is 1.